The van der Waals surface area contributed by atoms with Gasteiger partial charge in [0.15, 0.2) is 5.88 Å². The summed E-state index contributed by atoms with van der Waals surface area (Å²) >= 11 is 0. The molecule has 0 aromatic carbocycles. The van der Waals surface area contributed by atoms with Crippen molar-refractivity contribution in [2.45, 2.75) is 0 Å². The Hall–Kier alpha value is -0.960. The number of rotatable bonds is 1. The second-order valence-electron chi connectivity index (χ2n) is 1.70. The fraction of sp³-hybridized carbons (Fsp3) is 0.333. The van der Waals surface area contributed by atoms with E-state index in [1.165, 1.54) is 7.11 Å². The second-order valence-corrected chi connectivity index (χ2v) is 1.70. The summed E-state index contributed by atoms with van der Waals surface area (Å²) in [6.07, 6.45) is 5.21. The molecule has 0 saturated carbocycles. The largest absolute Gasteiger partial charge is 0.756 e. The van der Waals surface area contributed by atoms with Crippen molar-refractivity contribution in [2.24, 2.45) is 0 Å². The van der Waals surface area contributed by atoms with Crippen LogP contribution >= 0.6 is 0 Å². The van der Waals surface area contributed by atoms with Gasteiger partial charge in [0.2, 0.25) is 0 Å². The molecule has 3 heteroatoms. The maximum absolute atomic E-state index is 10.7. The number of methoxy groups -OCH3 is 1. The number of allylic oxidation sites excluding steroid dienone is 2. The van der Waals surface area contributed by atoms with E-state index in [2.05, 4.69) is 0 Å². The summed E-state index contributed by atoms with van der Waals surface area (Å²) in [4.78, 5) is 0. The minimum absolute atomic E-state index is 0.373. The van der Waals surface area contributed by atoms with Crippen LogP contribution in [0.3, 0.4) is 0 Å². The predicted octanol–water partition coefficient (Wildman–Crippen LogP) is 0.844. The lowest BCUT2D eigenvalue weighted by Gasteiger charge is -2.31. The predicted molar refractivity (Wildman–Crippen MR) is 34.3 cm³/mol. The third-order valence-electron chi connectivity index (χ3n) is 1.10. The van der Waals surface area contributed by atoms with Crippen molar-refractivity contribution >= 4 is 0 Å². The van der Waals surface area contributed by atoms with E-state index in [1.807, 2.05) is 0 Å². The fourth-order valence-electron chi connectivity index (χ4n) is 0.650. The summed E-state index contributed by atoms with van der Waals surface area (Å²) in [6.45, 7) is 0.389. The lowest BCUT2D eigenvalue weighted by Crippen LogP contribution is -2.18. The van der Waals surface area contributed by atoms with Crippen LogP contribution in [0.2, 0.25) is 0 Å². The molecule has 9 heavy (non-hydrogen) atoms. The normalized spacial score (nSPS) is 17.6. The Morgan fingerprint density at radius 2 is 2.56 bits per heavy atom. The molecule has 0 unspecified atom stereocenters. The zero-order valence-corrected chi connectivity index (χ0v) is 5.20. The van der Waals surface area contributed by atoms with Crippen LogP contribution in [0.1, 0.15) is 0 Å². The molecule has 0 spiro atoms. The van der Waals surface area contributed by atoms with Crippen LogP contribution in [0.25, 0.3) is 0 Å². The molecule has 1 rings (SSSR count). The van der Waals surface area contributed by atoms with Crippen molar-refractivity contribution < 1.29 is 4.74 Å². The molecule has 0 amide bonds. The van der Waals surface area contributed by atoms with Gasteiger partial charge in [0.1, 0.15) is 0 Å². The molecule has 0 fully saturated rings. The molecule has 0 bridgehead atoms. The Balaban J connectivity index is 2.63. The SMILES string of the molecule is COC1=CC=CCN1[O-]. The van der Waals surface area contributed by atoms with Gasteiger partial charge in [-0.15, -0.1) is 0 Å². The van der Waals surface area contributed by atoms with Gasteiger partial charge < -0.3 is 15.0 Å². The van der Waals surface area contributed by atoms with Crippen molar-refractivity contribution in [3.8, 4) is 0 Å². The first-order valence-electron chi connectivity index (χ1n) is 2.70. The summed E-state index contributed by atoms with van der Waals surface area (Å²) in [5, 5.41) is 11.5. The lowest BCUT2D eigenvalue weighted by atomic mass is 10.4. The molecule has 3 nitrogen and oxygen atoms in total. The molecule has 0 saturated heterocycles. The van der Waals surface area contributed by atoms with E-state index in [1.54, 1.807) is 18.2 Å². The van der Waals surface area contributed by atoms with Gasteiger partial charge in [0.05, 0.1) is 7.11 Å². The van der Waals surface area contributed by atoms with E-state index in [9.17, 15) is 5.21 Å². The third kappa shape index (κ3) is 1.23. The number of ether oxygens (including phenoxy) is 1. The van der Waals surface area contributed by atoms with Crippen LogP contribution in [0.5, 0.6) is 0 Å². The molecule has 1 aliphatic heterocycles. The molecular weight excluding hydrogens is 118 g/mol. The van der Waals surface area contributed by atoms with Crippen molar-refractivity contribution in [3.05, 3.63) is 29.3 Å². The standard InChI is InChI=1S/C6H8NO2/c1-9-6-4-2-3-5-7(6)8/h2-4H,5H2,1H3/q-1. The van der Waals surface area contributed by atoms with Crippen molar-refractivity contribution in [3.63, 3.8) is 0 Å². The Labute approximate surface area is 53.8 Å². The van der Waals surface area contributed by atoms with E-state index < -0.39 is 0 Å². The van der Waals surface area contributed by atoms with Crippen molar-refractivity contribution in [2.75, 3.05) is 13.7 Å². The van der Waals surface area contributed by atoms with Gasteiger partial charge in [-0.3, -0.25) is 0 Å². The average Bonchev–Trinajstić information content (AvgIpc) is 1.89. The van der Waals surface area contributed by atoms with Crippen LogP contribution in [0.15, 0.2) is 24.1 Å². The molecule has 0 atom stereocenters. The van der Waals surface area contributed by atoms with Gasteiger partial charge in [0, 0.05) is 6.54 Å². The molecule has 1 heterocycles. The monoisotopic (exact) mass is 126 g/mol. The highest BCUT2D eigenvalue weighted by Crippen LogP contribution is 2.06. The second kappa shape index (κ2) is 2.55. The first kappa shape index (κ1) is 6.16. The van der Waals surface area contributed by atoms with E-state index in [0.29, 0.717) is 12.4 Å². The van der Waals surface area contributed by atoms with Crippen LogP contribution in [-0.4, -0.2) is 18.7 Å². The average molecular weight is 126 g/mol. The molecule has 1 aliphatic rings. The van der Waals surface area contributed by atoms with E-state index in [4.69, 9.17) is 4.74 Å². The molecule has 50 valence electrons. The maximum Gasteiger partial charge on any atom is 0.178 e. The topological polar surface area (TPSA) is 35.5 Å². The van der Waals surface area contributed by atoms with E-state index in [-0.39, 0.29) is 0 Å². The minimum atomic E-state index is 0.373. The highest BCUT2D eigenvalue weighted by atomic mass is 16.6. The Kier molecular flexibility index (Phi) is 1.75. The molecule has 0 aromatic rings. The first-order chi connectivity index (χ1) is 4.34. The Morgan fingerprint density at radius 1 is 1.78 bits per heavy atom. The Bertz CT molecular complexity index is 151. The van der Waals surface area contributed by atoms with Gasteiger partial charge in [-0.2, -0.15) is 0 Å². The molecule has 0 aliphatic carbocycles. The zero-order chi connectivity index (χ0) is 6.69. The van der Waals surface area contributed by atoms with Gasteiger partial charge in [-0.1, -0.05) is 12.2 Å². The first-order valence-corrected chi connectivity index (χ1v) is 2.70. The number of nitrogens with zero attached hydrogens (tertiary/aromatic N) is 1. The fourth-order valence-corrected chi connectivity index (χ4v) is 0.650. The summed E-state index contributed by atoms with van der Waals surface area (Å²) in [5.74, 6) is 0.373. The highest BCUT2D eigenvalue weighted by molar-refractivity contribution is 5.13. The summed E-state index contributed by atoms with van der Waals surface area (Å²) in [7, 11) is 1.48. The molecular formula is C6H8NO2-. The summed E-state index contributed by atoms with van der Waals surface area (Å²) in [6, 6.07) is 0. The van der Waals surface area contributed by atoms with E-state index in [0.717, 1.165) is 5.06 Å². The van der Waals surface area contributed by atoms with Gasteiger partial charge in [-0.05, 0) is 6.08 Å². The number of hydrogen-bond donors (Lipinski definition) is 0. The lowest BCUT2D eigenvalue weighted by molar-refractivity contribution is 0.196. The molecule has 0 N–H and O–H groups in total. The van der Waals surface area contributed by atoms with Crippen LogP contribution in [0, 0.1) is 5.21 Å². The van der Waals surface area contributed by atoms with Crippen LogP contribution in [-0.2, 0) is 4.74 Å². The van der Waals surface area contributed by atoms with E-state index >= 15 is 0 Å². The van der Waals surface area contributed by atoms with Gasteiger partial charge >= 0.3 is 0 Å². The summed E-state index contributed by atoms with van der Waals surface area (Å²) < 4.78 is 4.73. The van der Waals surface area contributed by atoms with Gasteiger partial charge in [-0.25, -0.2) is 0 Å². The third-order valence-corrected chi connectivity index (χ3v) is 1.10. The molecule has 0 aromatic heterocycles. The quantitative estimate of drug-likeness (QED) is 0.522. The summed E-state index contributed by atoms with van der Waals surface area (Å²) in [5.41, 5.74) is 0. The Morgan fingerprint density at radius 3 is 3.00 bits per heavy atom. The van der Waals surface area contributed by atoms with Crippen LogP contribution in [0.4, 0.5) is 0 Å². The number of hydrogen-bond acceptors (Lipinski definition) is 3. The maximum atomic E-state index is 10.7. The zero-order valence-electron chi connectivity index (χ0n) is 5.20. The van der Waals surface area contributed by atoms with Gasteiger partial charge in [0.25, 0.3) is 0 Å². The minimum Gasteiger partial charge on any atom is -0.756 e. The highest BCUT2D eigenvalue weighted by Gasteiger charge is 1.97. The number of hydroxylamine groups is 2. The van der Waals surface area contributed by atoms with Crippen LogP contribution < -0.4 is 0 Å². The van der Waals surface area contributed by atoms with Crippen molar-refractivity contribution in [1.29, 1.82) is 0 Å². The van der Waals surface area contributed by atoms with Crippen molar-refractivity contribution in [1.82, 2.24) is 5.06 Å². The molecule has 0 radical (unpaired) electrons. The smallest absolute Gasteiger partial charge is 0.178 e.